The number of aryl methyl sites for hydroxylation is 1. The lowest BCUT2D eigenvalue weighted by atomic mass is 10.3. The number of hydrogen-bond acceptors (Lipinski definition) is 2. The summed E-state index contributed by atoms with van der Waals surface area (Å²) in [6.07, 6.45) is 1.72. The maximum atomic E-state index is 12.9. The van der Waals surface area contributed by atoms with E-state index in [0.717, 1.165) is 10.0 Å². The largest absolute Gasteiger partial charge is 0.340 e. The molecule has 0 saturated carbocycles. The van der Waals surface area contributed by atoms with Gasteiger partial charge in [0.1, 0.15) is 11.6 Å². The summed E-state index contributed by atoms with van der Waals surface area (Å²) in [6, 6.07) is 8.19. The summed E-state index contributed by atoms with van der Waals surface area (Å²) >= 11 is 3.38. The number of nitrogens with zero attached hydrogens (tertiary/aromatic N) is 1. The number of benzene rings is 1. The summed E-state index contributed by atoms with van der Waals surface area (Å²) < 4.78 is 13.9. The zero-order chi connectivity index (χ0) is 11.5. The van der Waals surface area contributed by atoms with Crippen molar-refractivity contribution < 1.29 is 4.39 Å². The van der Waals surface area contributed by atoms with Crippen LogP contribution in [0.25, 0.3) is 0 Å². The van der Waals surface area contributed by atoms with Crippen LogP contribution in [0, 0.1) is 12.7 Å². The van der Waals surface area contributed by atoms with Gasteiger partial charge in [-0.2, -0.15) is 0 Å². The van der Waals surface area contributed by atoms with Crippen molar-refractivity contribution in [2.75, 3.05) is 5.32 Å². The van der Waals surface area contributed by atoms with Gasteiger partial charge in [0.05, 0.1) is 0 Å². The van der Waals surface area contributed by atoms with E-state index in [0.29, 0.717) is 11.5 Å². The fourth-order valence-corrected chi connectivity index (χ4v) is 1.54. The Morgan fingerprint density at radius 2 is 2.12 bits per heavy atom. The van der Waals surface area contributed by atoms with Crippen LogP contribution in [0.2, 0.25) is 0 Å². The predicted molar refractivity (Wildman–Crippen MR) is 66.4 cm³/mol. The van der Waals surface area contributed by atoms with Crippen molar-refractivity contribution >= 4 is 27.4 Å². The second kappa shape index (κ2) is 4.61. The zero-order valence-electron chi connectivity index (χ0n) is 8.67. The van der Waals surface area contributed by atoms with Gasteiger partial charge in [-0.15, -0.1) is 0 Å². The highest BCUT2D eigenvalue weighted by Crippen LogP contribution is 2.20. The number of rotatable bonds is 2. The lowest BCUT2D eigenvalue weighted by molar-refractivity contribution is 0.628. The van der Waals surface area contributed by atoms with Gasteiger partial charge in [-0.1, -0.05) is 6.07 Å². The molecule has 0 aliphatic rings. The third-order valence-electron chi connectivity index (χ3n) is 2.14. The maximum absolute atomic E-state index is 12.9. The lowest BCUT2D eigenvalue weighted by Gasteiger charge is -2.06. The van der Waals surface area contributed by atoms with Crippen LogP contribution in [-0.4, -0.2) is 4.98 Å². The SMILES string of the molecule is Cc1cc(Nc2cccc(F)c2)ncc1Br. The highest BCUT2D eigenvalue weighted by molar-refractivity contribution is 9.10. The van der Waals surface area contributed by atoms with E-state index in [1.54, 1.807) is 18.3 Å². The molecular formula is C12H10BrFN2. The van der Waals surface area contributed by atoms with Crippen LogP contribution in [0.1, 0.15) is 5.56 Å². The van der Waals surface area contributed by atoms with Crippen molar-refractivity contribution in [2.24, 2.45) is 0 Å². The van der Waals surface area contributed by atoms with Crippen LogP contribution in [0.5, 0.6) is 0 Å². The Kier molecular flexibility index (Phi) is 3.19. The molecule has 1 aromatic carbocycles. The van der Waals surface area contributed by atoms with Gasteiger partial charge in [-0.25, -0.2) is 9.37 Å². The molecule has 1 aromatic heterocycles. The molecule has 2 nitrogen and oxygen atoms in total. The van der Waals surface area contributed by atoms with Gasteiger partial charge in [-0.3, -0.25) is 0 Å². The van der Waals surface area contributed by atoms with E-state index in [4.69, 9.17) is 0 Å². The van der Waals surface area contributed by atoms with Crippen molar-refractivity contribution in [1.82, 2.24) is 4.98 Å². The summed E-state index contributed by atoms with van der Waals surface area (Å²) in [4.78, 5) is 4.18. The third kappa shape index (κ3) is 2.58. The van der Waals surface area contributed by atoms with Crippen LogP contribution in [0.15, 0.2) is 41.0 Å². The molecule has 0 amide bonds. The summed E-state index contributed by atoms with van der Waals surface area (Å²) in [5.41, 5.74) is 1.77. The van der Waals surface area contributed by atoms with E-state index >= 15 is 0 Å². The molecule has 4 heteroatoms. The van der Waals surface area contributed by atoms with E-state index in [-0.39, 0.29) is 5.82 Å². The first-order chi connectivity index (χ1) is 7.65. The Balaban J connectivity index is 2.24. The predicted octanol–water partition coefficient (Wildman–Crippen LogP) is 4.04. The molecule has 0 saturated heterocycles. The number of pyridine rings is 1. The van der Waals surface area contributed by atoms with E-state index in [1.165, 1.54) is 12.1 Å². The Hall–Kier alpha value is -1.42. The van der Waals surface area contributed by atoms with Crippen molar-refractivity contribution in [2.45, 2.75) is 6.92 Å². The first kappa shape index (κ1) is 11.1. The average Bonchev–Trinajstić information content (AvgIpc) is 2.24. The highest BCUT2D eigenvalue weighted by Gasteiger charge is 2.00. The third-order valence-corrected chi connectivity index (χ3v) is 2.97. The quantitative estimate of drug-likeness (QED) is 0.898. The fourth-order valence-electron chi connectivity index (χ4n) is 1.32. The van der Waals surface area contributed by atoms with E-state index in [2.05, 4.69) is 26.2 Å². The molecule has 82 valence electrons. The second-order valence-corrected chi connectivity index (χ2v) is 4.31. The average molecular weight is 281 g/mol. The molecule has 2 aromatic rings. The lowest BCUT2D eigenvalue weighted by Crippen LogP contribution is -1.94. The van der Waals surface area contributed by atoms with Crippen LogP contribution in [0.3, 0.4) is 0 Å². The number of aromatic nitrogens is 1. The first-order valence-corrected chi connectivity index (χ1v) is 5.59. The smallest absolute Gasteiger partial charge is 0.130 e. The monoisotopic (exact) mass is 280 g/mol. The molecule has 2 rings (SSSR count). The maximum Gasteiger partial charge on any atom is 0.130 e. The number of hydrogen-bond donors (Lipinski definition) is 1. The van der Waals surface area contributed by atoms with Crippen LogP contribution in [0.4, 0.5) is 15.9 Å². The van der Waals surface area contributed by atoms with Crippen molar-refractivity contribution in [3.63, 3.8) is 0 Å². The van der Waals surface area contributed by atoms with Gasteiger partial charge in [0.15, 0.2) is 0 Å². The van der Waals surface area contributed by atoms with Crippen LogP contribution in [-0.2, 0) is 0 Å². The molecular weight excluding hydrogens is 271 g/mol. The first-order valence-electron chi connectivity index (χ1n) is 4.80. The van der Waals surface area contributed by atoms with Gasteiger partial charge in [0.25, 0.3) is 0 Å². The molecule has 0 radical (unpaired) electrons. The summed E-state index contributed by atoms with van der Waals surface area (Å²) in [6.45, 7) is 1.97. The Morgan fingerprint density at radius 1 is 1.31 bits per heavy atom. The number of anilines is 2. The minimum absolute atomic E-state index is 0.265. The molecule has 0 spiro atoms. The van der Waals surface area contributed by atoms with E-state index in [1.807, 2.05) is 13.0 Å². The molecule has 16 heavy (non-hydrogen) atoms. The van der Waals surface area contributed by atoms with Gasteiger partial charge in [0.2, 0.25) is 0 Å². The molecule has 1 heterocycles. The number of nitrogens with one attached hydrogen (secondary N) is 1. The minimum atomic E-state index is -0.265. The van der Waals surface area contributed by atoms with Gasteiger partial charge in [0, 0.05) is 16.4 Å². The van der Waals surface area contributed by atoms with Crippen molar-refractivity contribution in [3.05, 3.63) is 52.4 Å². The molecule has 1 N–H and O–H groups in total. The van der Waals surface area contributed by atoms with Crippen molar-refractivity contribution in [1.29, 1.82) is 0 Å². The molecule has 0 fully saturated rings. The topological polar surface area (TPSA) is 24.9 Å². The Labute approximate surface area is 102 Å². The second-order valence-electron chi connectivity index (χ2n) is 3.45. The summed E-state index contributed by atoms with van der Waals surface area (Å²) in [5.74, 6) is 0.435. The van der Waals surface area contributed by atoms with E-state index in [9.17, 15) is 4.39 Å². The van der Waals surface area contributed by atoms with Crippen LogP contribution < -0.4 is 5.32 Å². The highest BCUT2D eigenvalue weighted by atomic mass is 79.9. The number of halogens is 2. The Bertz CT molecular complexity index is 514. The van der Waals surface area contributed by atoms with Gasteiger partial charge >= 0.3 is 0 Å². The molecule has 0 atom stereocenters. The molecule has 0 bridgehead atoms. The molecule has 0 aliphatic carbocycles. The van der Waals surface area contributed by atoms with E-state index < -0.39 is 0 Å². The minimum Gasteiger partial charge on any atom is -0.340 e. The van der Waals surface area contributed by atoms with Gasteiger partial charge in [-0.05, 0) is 52.7 Å². The zero-order valence-corrected chi connectivity index (χ0v) is 10.3. The standard InChI is InChI=1S/C12H10BrFN2/c1-8-5-12(15-7-11(8)13)16-10-4-2-3-9(14)6-10/h2-7H,1H3,(H,15,16). The summed E-state index contributed by atoms with van der Waals surface area (Å²) in [5, 5.41) is 3.04. The van der Waals surface area contributed by atoms with Crippen molar-refractivity contribution in [3.8, 4) is 0 Å². The molecule has 0 unspecified atom stereocenters. The normalized spacial score (nSPS) is 10.2. The summed E-state index contributed by atoms with van der Waals surface area (Å²) in [7, 11) is 0. The van der Waals surface area contributed by atoms with Gasteiger partial charge < -0.3 is 5.32 Å². The fraction of sp³-hybridized carbons (Fsp3) is 0.0833. The van der Waals surface area contributed by atoms with Crippen LogP contribution >= 0.6 is 15.9 Å². The molecule has 0 aliphatic heterocycles. The Morgan fingerprint density at radius 3 is 2.81 bits per heavy atom.